The van der Waals surface area contributed by atoms with E-state index >= 15 is 0 Å². The molecule has 1 aliphatic rings. The maximum atomic E-state index is 12.9. The van der Waals surface area contributed by atoms with Gasteiger partial charge < -0.3 is 4.74 Å². The summed E-state index contributed by atoms with van der Waals surface area (Å²) in [5.74, 6) is -0.0147. The third-order valence-corrected chi connectivity index (χ3v) is 4.79. The zero-order valence-corrected chi connectivity index (χ0v) is 15.4. The number of carbonyl (C=O) groups excluding carboxylic acids is 2. The van der Waals surface area contributed by atoms with E-state index in [4.69, 9.17) is 4.74 Å². The second-order valence-corrected chi connectivity index (χ2v) is 9.20. The predicted octanol–water partition coefficient (Wildman–Crippen LogP) is 4.55. The molecular formula is C19H32O3. The van der Waals surface area contributed by atoms with Crippen molar-refractivity contribution < 1.29 is 14.3 Å². The van der Waals surface area contributed by atoms with Crippen molar-refractivity contribution in [1.82, 2.24) is 0 Å². The van der Waals surface area contributed by atoms with Crippen LogP contribution in [0.5, 0.6) is 0 Å². The van der Waals surface area contributed by atoms with Crippen molar-refractivity contribution in [2.24, 2.45) is 22.2 Å². The normalized spacial score (nSPS) is 25.7. The van der Waals surface area contributed by atoms with Crippen molar-refractivity contribution in [3.63, 3.8) is 0 Å². The molecule has 1 aliphatic carbocycles. The third kappa shape index (κ3) is 4.44. The smallest absolute Gasteiger partial charge is 0.312 e. The highest BCUT2D eigenvalue weighted by molar-refractivity contribution is 5.91. The monoisotopic (exact) mass is 308 g/mol. The van der Waals surface area contributed by atoms with Gasteiger partial charge in [0.15, 0.2) is 5.78 Å². The van der Waals surface area contributed by atoms with Gasteiger partial charge in [0.2, 0.25) is 0 Å². The van der Waals surface area contributed by atoms with Gasteiger partial charge in [-0.15, -0.1) is 0 Å². The maximum absolute atomic E-state index is 12.9. The fourth-order valence-corrected chi connectivity index (χ4v) is 3.01. The molecule has 22 heavy (non-hydrogen) atoms. The third-order valence-electron chi connectivity index (χ3n) is 4.79. The molecule has 0 N–H and O–H groups in total. The van der Waals surface area contributed by atoms with Crippen LogP contribution >= 0.6 is 0 Å². The largest absolute Gasteiger partial charge is 0.457 e. The van der Waals surface area contributed by atoms with Gasteiger partial charge in [-0.3, -0.25) is 9.59 Å². The molecule has 0 heterocycles. The van der Waals surface area contributed by atoms with Crippen LogP contribution in [0.1, 0.15) is 68.2 Å². The summed E-state index contributed by atoms with van der Waals surface area (Å²) in [6.07, 6.45) is 4.17. The topological polar surface area (TPSA) is 43.4 Å². The molecule has 0 fully saturated rings. The van der Waals surface area contributed by atoms with Crippen LogP contribution in [0.4, 0.5) is 0 Å². The molecule has 0 aromatic rings. The molecule has 0 aliphatic heterocycles. The van der Waals surface area contributed by atoms with E-state index < -0.39 is 5.41 Å². The molecule has 1 rings (SSSR count). The van der Waals surface area contributed by atoms with Crippen LogP contribution in [0.15, 0.2) is 12.2 Å². The Morgan fingerprint density at radius 1 is 1.18 bits per heavy atom. The zero-order valence-electron chi connectivity index (χ0n) is 15.4. The second-order valence-electron chi connectivity index (χ2n) is 9.20. The first-order valence-electron chi connectivity index (χ1n) is 8.18. The van der Waals surface area contributed by atoms with E-state index in [0.717, 1.165) is 6.42 Å². The summed E-state index contributed by atoms with van der Waals surface area (Å²) in [4.78, 5) is 24.4. The first-order chi connectivity index (χ1) is 9.76. The maximum Gasteiger partial charge on any atom is 0.312 e. The molecule has 126 valence electrons. The average molecular weight is 308 g/mol. The first-order valence-corrected chi connectivity index (χ1v) is 8.18. The van der Waals surface area contributed by atoms with Crippen LogP contribution < -0.4 is 0 Å². The standard InChI is InChI=1S/C19H32O3/c1-13-11-14(20)9-10-15(13)22-16(21)19(8,18(5,6)7)12-17(2,3)4/h9-10,13,15H,11-12H2,1-8H3. The highest BCUT2D eigenvalue weighted by atomic mass is 16.5. The summed E-state index contributed by atoms with van der Waals surface area (Å²) < 4.78 is 5.81. The van der Waals surface area contributed by atoms with Crippen molar-refractivity contribution >= 4 is 11.8 Å². The molecule has 3 atom stereocenters. The average Bonchev–Trinajstić information content (AvgIpc) is 2.28. The predicted molar refractivity (Wildman–Crippen MR) is 89.4 cm³/mol. The molecule has 0 spiro atoms. The number of hydrogen-bond donors (Lipinski definition) is 0. The Balaban J connectivity index is 2.99. The summed E-state index contributed by atoms with van der Waals surface area (Å²) in [5, 5.41) is 0. The molecule has 3 nitrogen and oxygen atoms in total. The minimum absolute atomic E-state index is 0.0328. The summed E-state index contributed by atoms with van der Waals surface area (Å²) >= 11 is 0. The van der Waals surface area contributed by atoms with Gasteiger partial charge in [0.25, 0.3) is 0 Å². The summed E-state index contributed by atoms with van der Waals surface area (Å²) in [7, 11) is 0. The number of ether oxygens (including phenoxy) is 1. The van der Waals surface area contributed by atoms with Crippen LogP contribution in [0, 0.1) is 22.2 Å². The highest BCUT2D eigenvalue weighted by Gasteiger charge is 2.48. The lowest BCUT2D eigenvalue weighted by Crippen LogP contribution is -2.46. The van der Waals surface area contributed by atoms with Gasteiger partial charge in [-0.25, -0.2) is 0 Å². The summed E-state index contributed by atoms with van der Waals surface area (Å²) in [6.45, 7) is 16.7. The lowest BCUT2D eigenvalue weighted by Gasteiger charge is -2.44. The highest BCUT2D eigenvalue weighted by Crippen LogP contribution is 2.47. The molecule has 0 aromatic heterocycles. The van der Waals surface area contributed by atoms with Crippen molar-refractivity contribution in [1.29, 1.82) is 0 Å². The Kier molecular flexibility index (Phi) is 5.31. The van der Waals surface area contributed by atoms with E-state index in [1.165, 1.54) is 6.08 Å². The van der Waals surface area contributed by atoms with E-state index in [2.05, 4.69) is 41.5 Å². The van der Waals surface area contributed by atoms with Crippen LogP contribution in [0.25, 0.3) is 0 Å². The molecule has 0 bridgehead atoms. The van der Waals surface area contributed by atoms with Crippen molar-refractivity contribution in [2.45, 2.75) is 74.3 Å². The molecule has 3 heteroatoms. The van der Waals surface area contributed by atoms with Crippen LogP contribution in [0.2, 0.25) is 0 Å². The van der Waals surface area contributed by atoms with Gasteiger partial charge in [0.1, 0.15) is 6.10 Å². The SMILES string of the molecule is CC1CC(=O)C=CC1OC(=O)C(C)(CC(C)(C)C)C(C)(C)C. The molecular weight excluding hydrogens is 276 g/mol. The number of allylic oxidation sites excluding steroid dienone is 1. The number of ketones is 1. The van der Waals surface area contributed by atoms with E-state index in [1.54, 1.807) is 6.08 Å². The van der Waals surface area contributed by atoms with E-state index in [9.17, 15) is 9.59 Å². The minimum Gasteiger partial charge on any atom is -0.457 e. The second kappa shape index (κ2) is 6.17. The quantitative estimate of drug-likeness (QED) is 0.718. The Bertz CT molecular complexity index is 462. The van der Waals surface area contributed by atoms with Crippen LogP contribution in [0.3, 0.4) is 0 Å². The first kappa shape index (κ1) is 18.9. The fourth-order valence-electron chi connectivity index (χ4n) is 3.01. The zero-order chi connectivity index (χ0) is 17.3. The van der Waals surface area contributed by atoms with Crippen molar-refractivity contribution in [3.05, 3.63) is 12.2 Å². The molecule has 3 unspecified atom stereocenters. The van der Waals surface area contributed by atoms with Gasteiger partial charge in [0.05, 0.1) is 5.41 Å². The van der Waals surface area contributed by atoms with Crippen LogP contribution in [-0.2, 0) is 14.3 Å². The lowest BCUT2D eigenvalue weighted by atomic mass is 9.61. The number of carbonyl (C=O) groups is 2. The number of rotatable bonds is 3. The van der Waals surface area contributed by atoms with Crippen LogP contribution in [-0.4, -0.2) is 17.9 Å². The Labute approximate surface area is 135 Å². The molecule has 0 amide bonds. The summed E-state index contributed by atoms with van der Waals surface area (Å²) in [5.41, 5.74) is -0.736. The Morgan fingerprint density at radius 3 is 2.14 bits per heavy atom. The minimum atomic E-state index is -0.569. The van der Waals surface area contributed by atoms with Gasteiger partial charge in [0, 0.05) is 12.3 Å². The van der Waals surface area contributed by atoms with Gasteiger partial charge in [-0.2, -0.15) is 0 Å². The van der Waals surface area contributed by atoms with E-state index in [1.807, 2.05) is 13.8 Å². The molecule has 0 aromatic carbocycles. The van der Waals surface area contributed by atoms with Gasteiger partial charge in [-0.1, -0.05) is 48.5 Å². The number of hydrogen-bond acceptors (Lipinski definition) is 3. The Hall–Kier alpha value is -1.12. The fraction of sp³-hybridized carbons (Fsp3) is 0.789. The van der Waals surface area contributed by atoms with Gasteiger partial charge >= 0.3 is 5.97 Å². The molecule has 0 saturated carbocycles. The molecule has 0 saturated heterocycles. The summed E-state index contributed by atoms with van der Waals surface area (Å²) in [6, 6.07) is 0. The lowest BCUT2D eigenvalue weighted by molar-refractivity contribution is -0.171. The van der Waals surface area contributed by atoms with Crippen molar-refractivity contribution in [3.8, 4) is 0 Å². The molecule has 0 radical (unpaired) electrons. The van der Waals surface area contributed by atoms with E-state index in [0.29, 0.717) is 6.42 Å². The van der Waals surface area contributed by atoms with Crippen molar-refractivity contribution in [2.75, 3.05) is 0 Å². The Morgan fingerprint density at radius 2 is 1.73 bits per heavy atom. The van der Waals surface area contributed by atoms with E-state index in [-0.39, 0.29) is 34.6 Å². The van der Waals surface area contributed by atoms with Gasteiger partial charge in [-0.05, 0) is 36.3 Å². The number of esters is 1.